The van der Waals surface area contributed by atoms with E-state index >= 15 is 0 Å². The van der Waals surface area contributed by atoms with Crippen LogP contribution in [0.25, 0.3) is 16.6 Å². The molecule has 9 heteroatoms. The zero-order valence-electron chi connectivity index (χ0n) is 18.9. The van der Waals surface area contributed by atoms with E-state index in [1.807, 2.05) is 56.3 Å². The molecule has 1 unspecified atom stereocenters. The number of benzene rings is 3. The fourth-order valence-corrected chi connectivity index (χ4v) is 4.25. The minimum Gasteiger partial charge on any atom is -0.494 e. The second-order valence-electron chi connectivity index (χ2n) is 7.83. The van der Waals surface area contributed by atoms with Gasteiger partial charge in [0.2, 0.25) is 10.0 Å². The third kappa shape index (κ3) is 5.01. The number of nitrogens with one attached hydrogen (secondary N) is 1. The molecule has 0 fully saturated rings. The maximum Gasteiger partial charge on any atom is 0.266 e. The minimum absolute atomic E-state index is 0.0592. The maximum absolute atomic E-state index is 13.4. The minimum atomic E-state index is -3.75. The Morgan fingerprint density at radius 1 is 1.03 bits per heavy atom. The molecule has 0 radical (unpaired) electrons. The van der Waals surface area contributed by atoms with Crippen molar-refractivity contribution in [3.05, 3.63) is 94.5 Å². The Hall–Kier alpha value is -3.53. The number of ether oxygens (including phenoxy) is 1. The first-order valence-electron chi connectivity index (χ1n) is 10.9. The molecule has 0 aliphatic heterocycles. The van der Waals surface area contributed by atoms with Crippen LogP contribution in [0.3, 0.4) is 0 Å². The number of nitrogens with two attached hydrogens (primary N) is 1. The molecule has 3 N–H and O–H groups in total. The van der Waals surface area contributed by atoms with Crippen molar-refractivity contribution in [3.63, 3.8) is 0 Å². The van der Waals surface area contributed by atoms with Crippen molar-refractivity contribution < 1.29 is 13.2 Å². The number of hydrogen-bond donors (Lipinski definition) is 2. The molecule has 0 bridgehead atoms. The molecule has 176 valence electrons. The summed E-state index contributed by atoms with van der Waals surface area (Å²) >= 11 is 0. The van der Waals surface area contributed by atoms with Gasteiger partial charge in [-0.3, -0.25) is 9.36 Å². The van der Waals surface area contributed by atoms with Crippen LogP contribution in [0.5, 0.6) is 5.75 Å². The van der Waals surface area contributed by atoms with Crippen molar-refractivity contribution >= 4 is 20.9 Å². The summed E-state index contributed by atoms with van der Waals surface area (Å²) in [5.74, 6) is 1.28. The molecule has 0 saturated carbocycles. The highest BCUT2D eigenvalue weighted by Gasteiger charge is 2.15. The summed E-state index contributed by atoms with van der Waals surface area (Å²) in [5, 5.41) is 9.10. The average molecular weight is 479 g/mol. The first kappa shape index (κ1) is 23.6. The van der Waals surface area contributed by atoms with Crippen molar-refractivity contribution in [2.24, 2.45) is 5.14 Å². The summed E-state index contributed by atoms with van der Waals surface area (Å²) in [4.78, 5) is 18.2. The number of hydrogen-bond acceptors (Lipinski definition) is 6. The molecular weight excluding hydrogens is 452 g/mol. The molecule has 1 aromatic heterocycles. The first-order chi connectivity index (χ1) is 16.3. The van der Waals surface area contributed by atoms with E-state index in [0.717, 1.165) is 11.3 Å². The summed E-state index contributed by atoms with van der Waals surface area (Å²) in [6.45, 7) is 4.74. The zero-order chi connectivity index (χ0) is 24.3. The molecule has 34 heavy (non-hydrogen) atoms. The van der Waals surface area contributed by atoms with Gasteiger partial charge in [-0.25, -0.2) is 18.5 Å². The van der Waals surface area contributed by atoms with Crippen LogP contribution >= 0.6 is 0 Å². The van der Waals surface area contributed by atoms with Crippen LogP contribution < -0.4 is 20.8 Å². The van der Waals surface area contributed by atoms with Crippen molar-refractivity contribution in [3.8, 4) is 11.4 Å². The summed E-state index contributed by atoms with van der Waals surface area (Å²) in [5.41, 5.74) is 2.03. The molecule has 8 nitrogen and oxygen atoms in total. The predicted octanol–water partition coefficient (Wildman–Crippen LogP) is 3.28. The van der Waals surface area contributed by atoms with E-state index in [1.54, 1.807) is 22.8 Å². The highest BCUT2D eigenvalue weighted by atomic mass is 32.2. The summed E-state index contributed by atoms with van der Waals surface area (Å²) in [6.07, 6.45) is 0. The van der Waals surface area contributed by atoms with Gasteiger partial charge in [0.15, 0.2) is 0 Å². The highest BCUT2D eigenvalue weighted by Crippen LogP contribution is 2.19. The molecule has 4 rings (SSSR count). The fraction of sp³-hybridized carbons (Fsp3) is 0.200. The largest absolute Gasteiger partial charge is 0.494 e. The number of sulfonamides is 1. The lowest BCUT2D eigenvalue weighted by Gasteiger charge is -2.18. The average Bonchev–Trinajstić information content (AvgIpc) is 2.83. The molecule has 1 heterocycles. The number of rotatable bonds is 8. The number of fused-ring (bicyclic) bond motifs is 1. The van der Waals surface area contributed by atoms with Crippen molar-refractivity contribution in [2.45, 2.75) is 31.3 Å². The highest BCUT2D eigenvalue weighted by molar-refractivity contribution is 7.89. The lowest BCUT2D eigenvalue weighted by atomic mass is 10.1. The van der Waals surface area contributed by atoms with Gasteiger partial charge < -0.3 is 10.1 Å². The van der Waals surface area contributed by atoms with Crippen LogP contribution in [-0.4, -0.2) is 24.6 Å². The molecule has 0 spiro atoms. The van der Waals surface area contributed by atoms with E-state index in [0.29, 0.717) is 35.6 Å². The molecule has 4 aromatic rings. The third-order valence-corrected chi connectivity index (χ3v) is 6.46. The lowest BCUT2D eigenvalue weighted by Crippen LogP contribution is -2.28. The maximum atomic E-state index is 13.4. The van der Waals surface area contributed by atoms with Crippen molar-refractivity contribution in [1.82, 2.24) is 14.9 Å². The number of nitrogens with zero attached hydrogens (tertiary/aromatic N) is 2. The van der Waals surface area contributed by atoms with E-state index in [4.69, 9.17) is 14.9 Å². The molecular formula is C25H26N4O4S. The Morgan fingerprint density at radius 2 is 1.71 bits per heavy atom. The van der Waals surface area contributed by atoms with Crippen molar-refractivity contribution in [2.75, 3.05) is 6.61 Å². The Kier molecular flexibility index (Phi) is 6.78. The van der Waals surface area contributed by atoms with Gasteiger partial charge in [-0.2, -0.15) is 0 Å². The lowest BCUT2D eigenvalue weighted by molar-refractivity contribution is 0.340. The van der Waals surface area contributed by atoms with Gasteiger partial charge in [0, 0.05) is 6.04 Å². The molecule has 1 atom stereocenters. The molecule has 0 aliphatic rings. The second-order valence-corrected chi connectivity index (χ2v) is 9.39. The van der Waals surface area contributed by atoms with Crippen LogP contribution in [0.1, 0.15) is 31.3 Å². The quantitative estimate of drug-likeness (QED) is 0.401. The van der Waals surface area contributed by atoms with Gasteiger partial charge in [0.1, 0.15) is 11.6 Å². The SMILES string of the molecule is CCOc1ccc(-n2c(CNC(C)c3ccc(S(N)(=O)=O)cc3)nc3ccccc3c2=O)cc1. The summed E-state index contributed by atoms with van der Waals surface area (Å²) < 4.78 is 30.1. The Labute approximate surface area is 198 Å². The molecule has 3 aromatic carbocycles. The van der Waals surface area contributed by atoms with Gasteiger partial charge in [0.05, 0.1) is 34.6 Å². The molecule has 0 aliphatic carbocycles. The van der Waals surface area contributed by atoms with Crippen LogP contribution in [0.4, 0.5) is 0 Å². The van der Waals surface area contributed by atoms with Gasteiger partial charge >= 0.3 is 0 Å². The third-order valence-electron chi connectivity index (χ3n) is 5.53. The predicted molar refractivity (Wildman–Crippen MR) is 132 cm³/mol. The van der Waals surface area contributed by atoms with Crippen LogP contribution in [0.15, 0.2) is 82.5 Å². The molecule has 0 amide bonds. The molecule has 0 saturated heterocycles. The topological polar surface area (TPSA) is 116 Å². The van der Waals surface area contributed by atoms with Gasteiger partial charge in [-0.05, 0) is 67.9 Å². The smallest absolute Gasteiger partial charge is 0.266 e. The van der Waals surface area contributed by atoms with Crippen LogP contribution in [-0.2, 0) is 16.6 Å². The fourth-order valence-electron chi connectivity index (χ4n) is 3.73. The second kappa shape index (κ2) is 9.76. The van der Waals surface area contributed by atoms with E-state index in [9.17, 15) is 13.2 Å². The van der Waals surface area contributed by atoms with E-state index in [-0.39, 0.29) is 16.5 Å². The first-order valence-corrected chi connectivity index (χ1v) is 12.4. The Morgan fingerprint density at radius 3 is 2.35 bits per heavy atom. The van der Waals surface area contributed by atoms with Crippen LogP contribution in [0, 0.1) is 0 Å². The van der Waals surface area contributed by atoms with Gasteiger partial charge in [-0.15, -0.1) is 0 Å². The summed E-state index contributed by atoms with van der Waals surface area (Å²) in [7, 11) is -3.75. The standard InChI is InChI=1S/C25H26N4O4S/c1-3-33-20-12-10-19(11-13-20)29-24(28-23-7-5-4-6-22(23)25(29)30)16-27-17(2)18-8-14-21(15-9-18)34(26,31)32/h4-15,17,27H,3,16H2,1-2H3,(H2,26,31,32). The number of para-hydroxylation sites is 1. The van der Waals surface area contributed by atoms with E-state index < -0.39 is 10.0 Å². The van der Waals surface area contributed by atoms with Gasteiger partial charge in [0.25, 0.3) is 5.56 Å². The Bertz CT molecular complexity index is 1460. The number of primary sulfonamides is 1. The normalized spacial score (nSPS) is 12.6. The van der Waals surface area contributed by atoms with Crippen molar-refractivity contribution in [1.29, 1.82) is 0 Å². The van der Waals surface area contributed by atoms with E-state index in [1.165, 1.54) is 12.1 Å². The van der Waals surface area contributed by atoms with Gasteiger partial charge in [-0.1, -0.05) is 24.3 Å². The Balaban J connectivity index is 1.67. The summed E-state index contributed by atoms with van der Waals surface area (Å²) in [6, 6.07) is 20.8. The van der Waals surface area contributed by atoms with Crippen LogP contribution in [0.2, 0.25) is 0 Å². The number of aromatic nitrogens is 2. The monoisotopic (exact) mass is 478 g/mol. The van der Waals surface area contributed by atoms with E-state index in [2.05, 4.69) is 5.32 Å². The zero-order valence-corrected chi connectivity index (χ0v) is 19.7.